The molecule has 0 saturated carbocycles. The lowest BCUT2D eigenvalue weighted by Crippen LogP contribution is -2.05. The molecule has 0 aromatic carbocycles. The zero-order chi connectivity index (χ0) is 11.8. The van der Waals surface area contributed by atoms with Crippen LogP contribution in [-0.2, 0) is 5.75 Å². The highest BCUT2D eigenvalue weighted by Crippen LogP contribution is 2.42. The zero-order valence-corrected chi connectivity index (χ0v) is 11.3. The van der Waals surface area contributed by atoms with Crippen LogP contribution in [-0.4, -0.2) is 21.5 Å². The number of hydrogen-bond acceptors (Lipinski definition) is 6. The van der Waals surface area contributed by atoms with Crippen molar-refractivity contribution in [2.75, 3.05) is 11.9 Å². The van der Waals surface area contributed by atoms with Crippen molar-refractivity contribution in [1.29, 1.82) is 0 Å². The second-order valence-corrected chi connectivity index (χ2v) is 6.04. The predicted octanol–water partition coefficient (Wildman–Crippen LogP) is 2.95. The van der Waals surface area contributed by atoms with Crippen molar-refractivity contribution in [3.63, 3.8) is 0 Å². The molecule has 0 fully saturated rings. The molecule has 0 saturated heterocycles. The van der Waals surface area contributed by atoms with Gasteiger partial charge >= 0.3 is 0 Å². The Morgan fingerprint density at radius 1 is 1.35 bits per heavy atom. The van der Waals surface area contributed by atoms with Crippen LogP contribution in [0.1, 0.15) is 16.8 Å². The molecule has 0 unspecified atom stereocenters. The monoisotopic (exact) mass is 264 g/mol. The average molecular weight is 264 g/mol. The van der Waals surface area contributed by atoms with E-state index in [4.69, 9.17) is 0 Å². The first-order valence-electron chi connectivity index (χ1n) is 5.48. The molecule has 0 bridgehead atoms. The number of thioether (sulfide) groups is 1. The van der Waals surface area contributed by atoms with Gasteiger partial charge in [0.15, 0.2) is 0 Å². The van der Waals surface area contributed by atoms with Gasteiger partial charge in [0.2, 0.25) is 5.95 Å². The van der Waals surface area contributed by atoms with E-state index in [-0.39, 0.29) is 0 Å². The summed E-state index contributed by atoms with van der Waals surface area (Å²) >= 11 is 3.55. The first-order chi connectivity index (χ1) is 8.28. The molecule has 6 heteroatoms. The van der Waals surface area contributed by atoms with Gasteiger partial charge in [-0.3, -0.25) is 0 Å². The highest BCUT2D eigenvalue weighted by molar-refractivity contribution is 7.98. The zero-order valence-electron chi connectivity index (χ0n) is 9.65. The van der Waals surface area contributed by atoms with Crippen molar-refractivity contribution in [2.24, 2.45) is 0 Å². The molecule has 0 spiro atoms. The van der Waals surface area contributed by atoms with Crippen molar-refractivity contribution in [3.8, 4) is 11.4 Å². The predicted molar refractivity (Wildman–Crippen MR) is 71.6 cm³/mol. The fraction of sp³-hybridized carbons (Fsp3) is 0.364. The van der Waals surface area contributed by atoms with Gasteiger partial charge in [-0.15, -0.1) is 23.1 Å². The van der Waals surface area contributed by atoms with Crippen LogP contribution in [0.25, 0.3) is 11.4 Å². The maximum atomic E-state index is 4.58. The van der Waals surface area contributed by atoms with Crippen molar-refractivity contribution in [2.45, 2.75) is 24.5 Å². The normalized spacial score (nSPS) is 13.1. The number of aryl methyl sites for hydroxylation is 1. The van der Waals surface area contributed by atoms with Crippen LogP contribution in [0.2, 0.25) is 0 Å². The van der Waals surface area contributed by atoms with Gasteiger partial charge in [0.1, 0.15) is 11.4 Å². The fourth-order valence-corrected chi connectivity index (χ4v) is 3.76. The molecule has 3 heterocycles. The Morgan fingerprint density at radius 3 is 3.06 bits per heavy atom. The van der Waals surface area contributed by atoms with E-state index in [1.165, 1.54) is 4.88 Å². The second-order valence-electron chi connectivity index (χ2n) is 3.73. The van der Waals surface area contributed by atoms with E-state index < -0.39 is 0 Å². The molecule has 2 aromatic heterocycles. The van der Waals surface area contributed by atoms with Gasteiger partial charge in [0.05, 0.1) is 9.90 Å². The number of thiazole rings is 1. The van der Waals surface area contributed by atoms with E-state index >= 15 is 0 Å². The van der Waals surface area contributed by atoms with Crippen molar-refractivity contribution in [1.82, 2.24) is 15.0 Å². The molecule has 4 nitrogen and oxygen atoms in total. The Kier molecular flexibility index (Phi) is 2.76. The number of hydrogen-bond donors (Lipinski definition) is 1. The van der Waals surface area contributed by atoms with E-state index in [1.807, 2.05) is 20.0 Å². The summed E-state index contributed by atoms with van der Waals surface area (Å²) in [7, 11) is 0. The van der Waals surface area contributed by atoms with Crippen LogP contribution in [0.15, 0.2) is 11.1 Å². The SMILES string of the molecule is CCNc1ncc2c(n1)-c1nc(C)sc1CS2. The van der Waals surface area contributed by atoms with Crippen LogP contribution >= 0.6 is 23.1 Å². The molecule has 0 atom stereocenters. The summed E-state index contributed by atoms with van der Waals surface area (Å²) < 4.78 is 0. The highest BCUT2D eigenvalue weighted by Gasteiger charge is 2.22. The molecular weight excluding hydrogens is 252 g/mol. The fourth-order valence-electron chi connectivity index (χ4n) is 1.78. The van der Waals surface area contributed by atoms with Gasteiger partial charge in [0.25, 0.3) is 0 Å². The number of nitrogens with zero attached hydrogens (tertiary/aromatic N) is 3. The third-order valence-electron chi connectivity index (χ3n) is 2.48. The Balaban J connectivity index is 2.12. The second kappa shape index (κ2) is 4.27. The van der Waals surface area contributed by atoms with Crippen molar-refractivity contribution in [3.05, 3.63) is 16.1 Å². The van der Waals surface area contributed by atoms with Gasteiger partial charge < -0.3 is 5.32 Å². The van der Waals surface area contributed by atoms with E-state index in [2.05, 4.69) is 20.3 Å². The van der Waals surface area contributed by atoms with Gasteiger partial charge in [-0.05, 0) is 13.8 Å². The Bertz CT molecular complexity index is 565. The standard InChI is InChI=1S/C11H12N4S2/c1-3-12-11-13-4-7-9(15-11)10-8(5-16-7)17-6(2)14-10/h4H,3,5H2,1-2H3,(H,12,13,15). The quantitative estimate of drug-likeness (QED) is 0.903. The Labute approximate surface area is 108 Å². The van der Waals surface area contributed by atoms with E-state index in [1.54, 1.807) is 23.1 Å². The smallest absolute Gasteiger partial charge is 0.223 e. The lowest BCUT2D eigenvalue weighted by Gasteiger charge is -2.13. The Hall–Kier alpha value is -1.14. The summed E-state index contributed by atoms with van der Waals surface area (Å²) in [6.07, 6.45) is 1.89. The minimum absolute atomic E-state index is 0.686. The molecule has 17 heavy (non-hydrogen) atoms. The molecule has 1 aliphatic heterocycles. The number of rotatable bonds is 2. The lowest BCUT2D eigenvalue weighted by atomic mass is 10.2. The molecule has 0 amide bonds. The van der Waals surface area contributed by atoms with E-state index in [9.17, 15) is 0 Å². The largest absolute Gasteiger partial charge is 0.354 e. The Morgan fingerprint density at radius 2 is 2.24 bits per heavy atom. The minimum Gasteiger partial charge on any atom is -0.354 e. The molecule has 3 rings (SSSR count). The number of fused-ring (bicyclic) bond motifs is 3. The summed E-state index contributed by atoms with van der Waals surface area (Å²) in [5, 5.41) is 4.24. The van der Waals surface area contributed by atoms with Crippen LogP contribution in [0.5, 0.6) is 0 Å². The van der Waals surface area contributed by atoms with Gasteiger partial charge in [-0.25, -0.2) is 15.0 Å². The summed E-state index contributed by atoms with van der Waals surface area (Å²) in [6, 6.07) is 0. The van der Waals surface area contributed by atoms with E-state index in [0.29, 0.717) is 5.95 Å². The van der Waals surface area contributed by atoms with Crippen LogP contribution in [0, 0.1) is 6.92 Å². The summed E-state index contributed by atoms with van der Waals surface area (Å²) in [5.41, 5.74) is 2.02. The van der Waals surface area contributed by atoms with Crippen LogP contribution < -0.4 is 5.32 Å². The summed E-state index contributed by atoms with van der Waals surface area (Å²) in [5.74, 6) is 1.67. The molecule has 1 aliphatic rings. The molecular formula is C11H12N4S2. The lowest BCUT2D eigenvalue weighted by molar-refractivity contribution is 1.04. The molecule has 0 radical (unpaired) electrons. The van der Waals surface area contributed by atoms with Gasteiger partial charge in [-0.1, -0.05) is 0 Å². The molecule has 1 N–H and O–H groups in total. The highest BCUT2D eigenvalue weighted by atomic mass is 32.2. The van der Waals surface area contributed by atoms with Gasteiger partial charge in [-0.2, -0.15) is 0 Å². The topological polar surface area (TPSA) is 50.7 Å². The van der Waals surface area contributed by atoms with Crippen molar-refractivity contribution >= 4 is 29.0 Å². The molecule has 2 aromatic rings. The number of anilines is 1. The van der Waals surface area contributed by atoms with E-state index in [0.717, 1.165) is 33.6 Å². The third kappa shape index (κ3) is 1.91. The third-order valence-corrected chi connectivity index (χ3v) is 4.67. The first-order valence-corrected chi connectivity index (χ1v) is 7.28. The average Bonchev–Trinajstić information content (AvgIpc) is 2.70. The first kappa shape index (κ1) is 11.0. The number of nitrogens with one attached hydrogen (secondary N) is 1. The van der Waals surface area contributed by atoms with Crippen LogP contribution in [0.4, 0.5) is 5.95 Å². The molecule has 0 aliphatic carbocycles. The summed E-state index contributed by atoms with van der Waals surface area (Å²) in [6.45, 7) is 4.91. The maximum absolute atomic E-state index is 4.58. The maximum Gasteiger partial charge on any atom is 0.223 e. The van der Waals surface area contributed by atoms with Gasteiger partial charge in [0, 0.05) is 23.4 Å². The molecule has 88 valence electrons. The van der Waals surface area contributed by atoms with Crippen molar-refractivity contribution < 1.29 is 0 Å². The summed E-state index contributed by atoms with van der Waals surface area (Å²) in [4.78, 5) is 15.9. The number of aromatic nitrogens is 3. The van der Waals surface area contributed by atoms with Crippen LogP contribution in [0.3, 0.4) is 0 Å². The minimum atomic E-state index is 0.686.